The summed E-state index contributed by atoms with van der Waals surface area (Å²) in [4.78, 5) is 13.5. The number of nitrogens with zero attached hydrogens (tertiary/aromatic N) is 2. The Bertz CT molecular complexity index is 574. The molecule has 1 amide bonds. The fraction of sp³-hybridized carbons (Fsp3) is 0.600. The molecule has 1 saturated carbocycles. The average molecular weight is 272 g/mol. The van der Waals surface area contributed by atoms with Gasteiger partial charge in [0.1, 0.15) is 4.90 Å². The topological polar surface area (TPSA) is 109 Å². The molecule has 3 N–H and O–H groups in total. The number of nitrogens with one attached hydrogen (secondary N) is 1. The smallest absolute Gasteiger partial charge is 0.275 e. The van der Waals surface area contributed by atoms with Crippen LogP contribution in [0.4, 0.5) is 0 Å². The zero-order valence-corrected chi connectivity index (χ0v) is 11.1. The van der Waals surface area contributed by atoms with Crippen molar-refractivity contribution in [3.05, 3.63) is 11.4 Å². The average Bonchev–Trinajstić information content (AvgIpc) is 3.04. The Morgan fingerprint density at radius 2 is 2.17 bits per heavy atom. The van der Waals surface area contributed by atoms with E-state index >= 15 is 0 Å². The van der Waals surface area contributed by atoms with Crippen LogP contribution in [0.25, 0.3) is 0 Å². The predicted molar refractivity (Wildman–Crippen MR) is 64.5 cm³/mol. The van der Waals surface area contributed by atoms with Crippen LogP contribution in [0.1, 0.15) is 35.9 Å². The Hall–Kier alpha value is -1.41. The van der Waals surface area contributed by atoms with Crippen LogP contribution in [0.3, 0.4) is 0 Å². The molecule has 100 valence electrons. The summed E-state index contributed by atoms with van der Waals surface area (Å²) in [5.74, 6) is -0.405. The molecule has 0 aromatic carbocycles. The molecule has 1 heterocycles. The normalized spacial score (nSPS) is 15.7. The Kier molecular flexibility index (Phi) is 3.16. The number of aromatic nitrogens is 2. The lowest BCUT2D eigenvalue weighted by molar-refractivity contribution is 0.0775. The number of sulfonamides is 1. The number of carbonyl (C=O) groups is 1. The summed E-state index contributed by atoms with van der Waals surface area (Å²) in [5.41, 5.74) is 0.258. The number of H-pyrrole nitrogens is 1. The largest absolute Gasteiger partial charge is 0.337 e. The number of hydrogen-bond acceptors (Lipinski definition) is 4. The maximum absolute atomic E-state index is 12.1. The molecule has 1 aromatic rings. The van der Waals surface area contributed by atoms with Gasteiger partial charge in [-0.15, -0.1) is 0 Å². The maximum Gasteiger partial charge on any atom is 0.275 e. The van der Waals surface area contributed by atoms with Gasteiger partial charge < -0.3 is 4.90 Å². The third-order valence-corrected chi connectivity index (χ3v) is 4.06. The first-order valence-corrected chi connectivity index (χ1v) is 7.28. The molecule has 1 aliphatic carbocycles. The van der Waals surface area contributed by atoms with E-state index in [-0.39, 0.29) is 16.6 Å². The van der Waals surface area contributed by atoms with Gasteiger partial charge in [-0.3, -0.25) is 9.89 Å². The van der Waals surface area contributed by atoms with Crippen molar-refractivity contribution in [1.82, 2.24) is 15.1 Å². The molecule has 1 fully saturated rings. The Morgan fingerprint density at radius 3 is 2.61 bits per heavy atom. The lowest BCUT2D eigenvalue weighted by Gasteiger charge is -2.15. The zero-order chi connectivity index (χ0) is 13.5. The van der Waals surface area contributed by atoms with E-state index in [2.05, 4.69) is 10.2 Å². The van der Waals surface area contributed by atoms with Gasteiger partial charge in [-0.25, -0.2) is 13.6 Å². The summed E-state index contributed by atoms with van der Waals surface area (Å²) < 4.78 is 23.1. The first-order valence-electron chi connectivity index (χ1n) is 5.73. The standard InChI is InChI=1S/C10H16N4O3S/c1-3-7-9(18(11,16)17)8(13-12-7)10(15)14(2)6-4-5-6/h6H,3-5H2,1-2H3,(H,12,13)(H2,11,16,17). The molecular formula is C10H16N4O3S. The minimum atomic E-state index is -3.96. The highest BCUT2D eigenvalue weighted by Gasteiger charge is 2.34. The zero-order valence-electron chi connectivity index (χ0n) is 10.3. The fourth-order valence-corrected chi connectivity index (χ4v) is 2.79. The summed E-state index contributed by atoms with van der Waals surface area (Å²) >= 11 is 0. The van der Waals surface area contributed by atoms with E-state index in [0.717, 1.165) is 12.8 Å². The van der Waals surface area contributed by atoms with E-state index in [1.165, 1.54) is 4.90 Å². The molecule has 0 radical (unpaired) electrons. The van der Waals surface area contributed by atoms with Crippen LogP contribution in [-0.4, -0.2) is 42.5 Å². The minimum Gasteiger partial charge on any atom is -0.337 e. The van der Waals surface area contributed by atoms with E-state index in [1.54, 1.807) is 14.0 Å². The Morgan fingerprint density at radius 1 is 1.56 bits per heavy atom. The van der Waals surface area contributed by atoms with Crippen molar-refractivity contribution in [3.63, 3.8) is 0 Å². The van der Waals surface area contributed by atoms with Gasteiger partial charge in [-0.2, -0.15) is 5.10 Å². The molecule has 8 heteroatoms. The molecule has 0 spiro atoms. The minimum absolute atomic E-state index is 0.108. The van der Waals surface area contributed by atoms with Crippen molar-refractivity contribution in [1.29, 1.82) is 0 Å². The molecule has 2 rings (SSSR count). The van der Waals surface area contributed by atoms with E-state index < -0.39 is 15.9 Å². The number of carbonyl (C=O) groups excluding carboxylic acids is 1. The highest BCUT2D eigenvalue weighted by Crippen LogP contribution is 2.28. The van der Waals surface area contributed by atoms with E-state index in [4.69, 9.17) is 5.14 Å². The number of aryl methyl sites for hydroxylation is 1. The van der Waals surface area contributed by atoms with Crippen molar-refractivity contribution in [3.8, 4) is 0 Å². The molecule has 7 nitrogen and oxygen atoms in total. The number of primary sulfonamides is 1. The number of nitrogens with two attached hydrogens (primary N) is 1. The number of hydrogen-bond donors (Lipinski definition) is 2. The molecule has 0 unspecified atom stereocenters. The van der Waals surface area contributed by atoms with Gasteiger partial charge in [0.2, 0.25) is 10.0 Å². The quantitative estimate of drug-likeness (QED) is 0.794. The predicted octanol–water partition coefficient (Wildman–Crippen LogP) is -0.146. The monoisotopic (exact) mass is 272 g/mol. The highest BCUT2D eigenvalue weighted by atomic mass is 32.2. The lowest BCUT2D eigenvalue weighted by Crippen LogP contribution is -2.31. The van der Waals surface area contributed by atoms with Gasteiger partial charge in [0.25, 0.3) is 5.91 Å². The fourth-order valence-electron chi connectivity index (χ4n) is 1.85. The molecule has 0 atom stereocenters. The highest BCUT2D eigenvalue weighted by molar-refractivity contribution is 7.89. The molecule has 0 saturated heterocycles. The maximum atomic E-state index is 12.1. The molecule has 1 aromatic heterocycles. The third-order valence-electron chi connectivity index (χ3n) is 3.05. The second-order valence-electron chi connectivity index (χ2n) is 4.43. The first kappa shape index (κ1) is 13.0. The van der Waals surface area contributed by atoms with Crippen LogP contribution in [0.15, 0.2) is 4.90 Å². The van der Waals surface area contributed by atoms with Crippen LogP contribution in [0, 0.1) is 0 Å². The lowest BCUT2D eigenvalue weighted by atomic mass is 10.3. The second-order valence-corrected chi connectivity index (χ2v) is 5.92. The summed E-state index contributed by atoms with van der Waals surface area (Å²) in [7, 11) is -2.31. The molecular weight excluding hydrogens is 256 g/mol. The van der Waals surface area contributed by atoms with E-state index in [9.17, 15) is 13.2 Å². The van der Waals surface area contributed by atoms with Crippen LogP contribution in [0.2, 0.25) is 0 Å². The SMILES string of the molecule is CCc1[nH]nc(C(=O)N(C)C2CC2)c1S(N)(=O)=O. The van der Waals surface area contributed by atoms with Crippen molar-refractivity contribution in [2.24, 2.45) is 5.14 Å². The van der Waals surface area contributed by atoms with Crippen LogP contribution in [-0.2, 0) is 16.4 Å². The van der Waals surface area contributed by atoms with Crippen molar-refractivity contribution >= 4 is 15.9 Å². The molecule has 0 aliphatic heterocycles. The van der Waals surface area contributed by atoms with Gasteiger partial charge in [0, 0.05) is 13.1 Å². The van der Waals surface area contributed by atoms with Gasteiger partial charge >= 0.3 is 0 Å². The summed E-state index contributed by atoms with van der Waals surface area (Å²) in [5, 5.41) is 11.5. The summed E-state index contributed by atoms with van der Waals surface area (Å²) in [6.07, 6.45) is 2.30. The number of rotatable bonds is 4. The van der Waals surface area contributed by atoms with E-state index in [1.807, 2.05) is 0 Å². The molecule has 0 bridgehead atoms. The van der Waals surface area contributed by atoms with Gasteiger partial charge in [-0.05, 0) is 19.3 Å². The van der Waals surface area contributed by atoms with Gasteiger partial charge in [-0.1, -0.05) is 6.92 Å². The molecule has 18 heavy (non-hydrogen) atoms. The second kappa shape index (κ2) is 4.36. The van der Waals surface area contributed by atoms with E-state index in [0.29, 0.717) is 12.1 Å². The summed E-state index contributed by atoms with van der Waals surface area (Å²) in [6, 6.07) is 0.188. The van der Waals surface area contributed by atoms with Crippen LogP contribution >= 0.6 is 0 Å². The summed E-state index contributed by atoms with van der Waals surface area (Å²) in [6.45, 7) is 1.76. The third kappa shape index (κ3) is 2.25. The number of amides is 1. The van der Waals surface area contributed by atoms with Gasteiger partial charge in [0.05, 0.1) is 5.69 Å². The van der Waals surface area contributed by atoms with Crippen LogP contribution in [0.5, 0.6) is 0 Å². The van der Waals surface area contributed by atoms with Crippen LogP contribution < -0.4 is 5.14 Å². The van der Waals surface area contributed by atoms with Gasteiger partial charge in [0.15, 0.2) is 5.69 Å². The Balaban J connectivity index is 2.44. The van der Waals surface area contributed by atoms with Crippen molar-refractivity contribution in [2.45, 2.75) is 37.1 Å². The molecule has 1 aliphatic rings. The van der Waals surface area contributed by atoms with Crippen molar-refractivity contribution < 1.29 is 13.2 Å². The first-order chi connectivity index (χ1) is 8.36. The Labute approximate surface area is 105 Å². The number of aromatic amines is 1. The van der Waals surface area contributed by atoms with Crippen molar-refractivity contribution in [2.75, 3.05) is 7.05 Å².